The Balaban J connectivity index is 1.63. The van der Waals surface area contributed by atoms with Crippen molar-refractivity contribution in [1.29, 1.82) is 0 Å². The SMILES string of the molecule is Cc1cn(C[C@]23CCN(C(=O)OC(C)(C)C)[C@@H]2C3)cn1. The first-order chi connectivity index (χ1) is 9.29. The van der Waals surface area contributed by atoms with Crippen molar-refractivity contribution in [3.8, 4) is 0 Å². The predicted octanol–water partition coefficient (Wildman–Crippen LogP) is 2.59. The Morgan fingerprint density at radius 3 is 2.85 bits per heavy atom. The number of fused-ring (bicyclic) bond motifs is 1. The number of piperidine rings is 1. The Hall–Kier alpha value is -1.52. The van der Waals surface area contributed by atoms with Crippen molar-refractivity contribution in [2.75, 3.05) is 6.54 Å². The molecule has 20 heavy (non-hydrogen) atoms. The third kappa shape index (κ3) is 2.41. The summed E-state index contributed by atoms with van der Waals surface area (Å²) in [7, 11) is 0. The highest BCUT2D eigenvalue weighted by atomic mass is 16.6. The lowest BCUT2D eigenvalue weighted by Gasteiger charge is -2.25. The van der Waals surface area contributed by atoms with Gasteiger partial charge in [0.15, 0.2) is 0 Å². The van der Waals surface area contributed by atoms with Crippen LogP contribution in [0.4, 0.5) is 4.79 Å². The van der Waals surface area contributed by atoms with E-state index >= 15 is 0 Å². The first-order valence-corrected chi connectivity index (χ1v) is 7.27. The van der Waals surface area contributed by atoms with Gasteiger partial charge >= 0.3 is 6.09 Å². The monoisotopic (exact) mass is 277 g/mol. The Kier molecular flexibility index (Phi) is 2.85. The van der Waals surface area contributed by atoms with Crippen molar-refractivity contribution in [1.82, 2.24) is 14.5 Å². The molecule has 2 atom stereocenters. The van der Waals surface area contributed by atoms with Crippen LogP contribution in [0, 0.1) is 12.3 Å². The highest BCUT2D eigenvalue weighted by molar-refractivity contribution is 5.70. The van der Waals surface area contributed by atoms with Gasteiger partial charge in [0.25, 0.3) is 0 Å². The van der Waals surface area contributed by atoms with Crippen LogP contribution in [0.3, 0.4) is 0 Å². The van der Waals surface area contributed by atoms with Crippen LogP contribution in [0.25, 0.3) is 0 Å². The molecule has 5 heteroatoms. The number of aryl methyl sites for hydroxylation is 1. The number of hydrogen-bond donors (Lipinski definition) is 0. The average Bonchev–Trinajstić information content (AvgIpc) is 2.66. The zero-order valence-corrected chi connectivity index (χ0v) is 12.7. The molecular formula is C15H23N3O2. The minimum Gasteiger partial charge on any atom is -0.444 e. The van der Waals surface area contributed by atoms with Crippen LogP contribution in [0.5, 0.6) is 0 Å². The van der Waals surface area contributed by atoms with E-state index in [0.29, 0.717) is 6.04 Å². The van der Waals surface area contributed by atoms with E-state index in [1.165, 1.54) is 0 Å². The molecule has 0 spiro atoms. The molecule has 0 aromatic carbocycles. The molecule has 1 amide bonds. The maximum absolute atomic E-state index is 12.2. The topological polar surface area (TPSA) is 47.4 Å². The molecule has 1 saturated carbocycles. The van der Waals surface area contributed by atoms with Crippen LogP contribution in [0.15, 0.2) is 12.5 Å². The van der Waals surface area contributed by atoms with E-state index in [-0.39, 0.29) is 11.5 Å². The highest BCUT2D eigenvalue weighted by Gasteiger charge is 2.63. The fourth-order valence-electron chi connectivity index (χ4n) is 3.24. The van der Waals surface area contributed by atoms with Gasteiger partial charge in [-0.25, -0.2) is 9.78 Å². The fourth-order valence-corrected chi connectivity index (χ4v) is 3.24. The van der Waals surface area contributed by atoms with Crippen LogP contribution >= 0.6 is 0 Å². The molecule has 2 fully saturated rings. The summed E-state index contributed by atoms with van der Waals surface area (Å²) in [6.07, 6.45) is 5.94. The minimum absolute atomic E-state index is 0.163. The van der Waals surface area contributed by atoms with Crippen molar-refractivity contribution in [3.05, 3.63) is 18.2 Å². The summed E-state index contributed by atoms with van der Waals surface area (Å²) in [5, 5.41) is 0. The third-order valence-corrected chi connectivity index (χ3v) is 4.26. The van der Waals surface area contributed by atoms with Gasteiger partial charge < -0.3 is 14.2 Å². The standard InChI is InChI=1S/C15H23N3O2/c1-11-8-17(10-16-11)9-15-5-6-18(12(15)7-15)13(19)20-14(2,3)4/h8,10,12H,5-7,9H2,1-4H3/t12-,15-/m1/s1. The molecule has 5 nitrogen and oxygen atoms in total. The van der Waals surface area contributed by atoms with Gasteiger partial charge in [0.2, 0.25) is 0 Å². The first-order valence-electron chi connectivity index (χ1n) is 7.27. The second-order valence-electron chi connectivity index (χ2n) is 7.19. The van der Waals surface area contributed by atoms with E-state index in [9.17, 15) is 4.79 Å². The maximum atomic E-state index is 12.2. The van der Waals surface area contributed by atoms with Gasteiger partial charge in [0.1, 0.15) is 5.60 Å². The van der Waals surface area contributed by atoms with Gasteiger partial charge in [0, 0.05) is 30.7 Å². The predicted molar refractivity (Wildman–Crippen MR) is 75.4 cm³/mol. The molecule has 1 aromatic heterocycles. The lowest BCUT2D eigenvalue weighted by Crippen LogP contribution is -2.36. The number of imidazole rings is 1. The van der Waals surface area contributed by atoms with E-state index in [1.54, 1.807) is 0 Å². The average molecular weight is 277 g/mol. The summed E-state index contributed by atoms with van der Waals surface area (Å²) in [4.78, 5) is 18.4. The quantitative estimate of drug-likeness (QED) is 0.834. The number of carbonyl (C=O) groups is 1. The highest BCUT2D eigenvalue weighted by Crippen LogP contribution is 2.58. The van der Waals surface area contributed by atoms with E-state index in [2.05, 4.69) is 15.7 Å². The molecule has 2 heterocycles. The summed E-state index contributed by atoms with van der Waals surface area (Å²) in [5.41, 5.74) is 0.878. The van der Waals surface area contributed by atoms with Gasteiger partial charge in [-0.3, -0.25) is 0 Å². The van der Waals surface area contributed by atoms with E-state index in [0.717, 1.165) is 31.6 Å². The molecule has 1 aliphatic carbocycles. The third-order valence-electron chi connectivity index (χ3n) is 4.26. The minimum atomic E-state index is -0.418. The van der Waals surface area contributed by atoms with Crippen LogP contribution < -0.4 is 0 Å². The maximum Gasteiger partial charge on any atom is 0.410 e. The number of rotatable bonds is 2. The second kappa shape index (κ2) is 4.24. The summed E-state index contributed by atoms with van der Waals surface area (Å²) in [6, 6.07) is 0.347. The van der Waals surface area contributed by atoms with Gasteiger partial charge in [-0.2, -0.15) is 0 Å². The van der Waals surface area contributed by atoms with Crippen LogP contribution in [0.2, 0.25) is 0 Å². The summed E-state index contributed by atoms with van der Waals surface area (Å²) in [6.45, 7) is 9.51. The van der Waals surface area contributed by atoms with Gasteiger partial charge in [0.05, 0.1) is 12.0 Å². The molecule has 3 rings (SSSR count). The molecule has 0 bridgehead atoms. The number of nitrogens with zero attached hydrogens (tertiary/aromatic N) is 3. The molecule has 1 saturated heterocycles. The Bertz CT molecular complexity index is 531. The van der Waals surface area contributed by atoms with Gasteiger partial charge in [-0.15, -0.1) is 0 Å². The van der Waals surface area contributed by atoms with Gasteiger partial charge in [-0.05, 0) is 40.5 Å². The van der Waals surface area contributed by atoms with E-state index in [4.69, 9.17) is 4.74 Å². The molecule has 1 aliphatic heterocycles. The number of hydrogen-bond acceptors (Lipinski definition) is 3. The fraction of sp³-hybridized carbons (Fsp3) is 0.733. The largest absolute Gasteiger partial charge is 0.444 e. The number of likely N-dealkylation sites (tertiary alicyclic amines) is 1. The Labute approximate surface area is 119 Å². The van der Waals surface area contributed by atoms with Crippen molar-refractivity contribution in [2.45, 2.75) is 58.7 Å². The van der Waals surface area contributed by atoms with Crippen LogP contribution in [-0.2, 0) is 11.3 Å². The van der Waals surface area contributed by atoms with Gasteiger partial charge in [-0.1, -0.05) is 0 Å². The normalized spacial score (nSPS) is 28.4. The van der Waals surface area contributed by atoms with Crippen molar-refractivity contribution >= 4 is 6.09 Å². The lowest BCUT2D eigenvalue weighted by atomic mass is 10.0. The van der Waals surface area contributed by atoms with Crippen molar-refractivity contribution in [3.63, 3.8) is 0 Å². The number of carbonyl (C=O) groups excluding carboxylic acids is 1. The molecule has 0 unspecified atom stereocenters. The number of ether oxygens (including phenoxy) is 1. The summed E-state index contributed by atoms with van der Waals surface area (Å²) >= 11 is 0. The Morgan fingerprint density at radius 2 is 2.30 bits per heavy atom. The van der Waals surface area contributed by atoms with Crippen LogP contribution in [0.1, 0.15) is 39.3 Å². The second-order valence-corrected chi connectivity index (χ2v) is 7.19. The van der Waals surface area contributed by atoms with Crippen molar-refractivity contribution < 1.29 is 9.53 Å². The smallest absolute Gasteiger partial charge is 0.410 e. The summed E-state index contributed by atoms with van der Waals surface area (Å²) < 4.78 is 7.63. The van der Waals surface area contributed by atoms with Crippen molar-refractivity contribution in [2.24, 2.45) is 5.41 Å². The molecule has 110 valence electrons. The Morgan fingerprint density at radius 1 is 1.55 bits per heavy atom. The number of aromatic nitrogens is 2. The first kappa shape index (κ1) is 13.5. The molecule has 0 N–H and O–H groups in total. The number of amides is 1. The molecule has 1 aromatic rings. The van der Waals surface area contributed by atoms with E-state index < -0.39 is 5.60 Å². The molecular weight excluding hydrogens is 254 g/mol. The molecule has 0 radical (unpaired) electrons. The zero-order valence-electron chi connectivity index (χ0n) is 12.7. The molecule has 2 aliphatic rings. The zero-order chi connectivity index (χ0) is 14.5. The lowest BCUT2D eigenvalue weighted by molar-refractivity contribution is 0.0262. The summed E-state index contributed by atoms with van der Waals surface area (Å²) in [5.74, 6) is 0. The van der Waals surface area contributed by atoms with E-state index in [1.807, 2.05) is 38.9 Å². The van der Waals surface area contributed by atoms with Crippen LogP contribution in [-0.4, -0.2) is 38.7 Å².